The van der Waals surface area contributed by atoms with Crippen molar-refractivity contribution in [1.82, 2.24) is 14.4 Å². The van der Waals surface area contributed by atoms with E-state index in [1.807, 2.05) is 46.3 Å². The Bertz CT molecular complexity index is 1430. The molecule has 1 saturated carbocycles. The minimum absolute atomic E-state index is 0.212. The number of fused-ring (bicyclic) bond motifs is 1. The van der Waals surface area contributed by atoms with Gasteiger partial charge in [-0.1, -0.05) is 18.2 Å². The maximum Gasteiger partial charge on any atom is 0.279 e. The number of hydrogen-bond donors (Lipinski definition) is 1. The Morgan fingerprint density at radius 1 is 1.06 bits per heavy atom. The number of oxazole rings is 1. The first-order valence-electron chi connectivity index (χ1n) is 10.3. The van der Waals surface area contributed by atoms with Crippen LogP contribution in [0.5, 0.6) is 0 Å². The summed E-state index contributed by atoms with van der Waals surface area (Å²) < 4.78 is 21.3. The second kappa shape index (κ2) is 7.42. The van der Waals surface area contributed by atoms with Gasteiger partial charge in [-0.25, -0.2) is 14.4 Å². The van der Waals surface area contributed by atoms with Crippen molar-refractivity contribution >= 4 is 28.0 Å². The van der Waals surface area contributed by atoms with Crippen molar-refractivity contribution in [2.45, 2.75) is 18.8 Å². The predicted molar refractivity (Wildman–Crippen MR) is 120 cm³/mol. The second-order valence-corrected chi connectivity index (χ2v) is 8.57. The Balaban J connectivity index is 1.40. The zero-order valence-corrected chi connectivity index (χ0v) is 17.6. The predicted octanol–water partition coefficient (Wildman–Crippen LogP) is 5.99. The number of nitrogens with one attached hydrogen (secondary N) is 1. The molecule has 1 amide bonds. The van der Waals surface area contributed by atoms with E-state index in [4.69, 9.17) is 4.42 Å². The van der Waals surface area contributed by atoms with Crippen LogP contribution in [0, 0.1) is 5.82 Å². The molecule has 3 aromatic heterocycles. The lowest BCUT2D eigenvalue weighted by Crippen LogP contribution is -2.16. The number of anilines is 1. The maximum absolute atomic E-state index is 13.4. The molecule has 0 aliphatic heterocycles. The lowest BCUT2D eigenvalue weighted by molar-refractivity contribution is 0.102. The summed E-state index contributed by atoms with van der Waals surface area (Å²) in [5, 5.41) is 4.88. The molecule has 8 heteroatoms. The molecule has 0 atom stereocenters. The Morgan fingerprint density at radius 3 is 2.59 bits per heavy atom. The van der Waals surface area contributed by atoms with Gasteiger partial charge in [0.1, 0.15) is 23.1 Å². The first-order chi connectivity index (χ1) is 15.7. The van der Waals surface area contributed by atoms with Gasteiger partial charge in [0.05, 0.1) is 0 Å². The van der Waals surface area contributed by atoms with Crippen LogP contribution in [0.3, 0.4) is 0 Å². The summed E-state index contributed by atoms with van der Waals surface area (Å²) in [6.45, 7) is 0. The smallest absolute Gasteiger partial charge is 0.279 e. The van der Waals surface area contributed by atoms with E-state index >= 15 is 0 Å². The number of imidazole rings is 1. The number of halogens is 1. The molecule has 3 heterocycles. The third kappa shape index (κ3) is 3.29. The van der Waals surface area contributed by atoms with Crippen molar-refractivity contribution in [1.29, 1.82) is 0 Å². The van der Waals surface area contributed by atoms with Crippen molar-refractivity contribution in [3.8, 4) is 22.7 Å². The van der Waals surface area contributed by atoms with Gasteiger partial charge in [0.2, 0.25) is 5.89 Å². The number of hydrogen-bond acceptors (Lipinski definition) is 5. The Hall–Kier alpha value is -3.78. The van der Waals surface area contributed by atoms with Crippen LogP contribution in [0.4, 0.5) is 10.2 Å². The summed E-state index contributed by atoms with van der Waals surface area (Å²) in [4.78, 5) is 23.3. The van der Waals surface area contributed by atoms with Gasteiger partial charge in [-0.05, 0) is 49.2 Å². The van der Waals surface area contributed by atoms with Crippen LogP contribution >= 0.6 is 11.3 Å². The highest BCUT2D eigenvalue weighted by Crippen LogP contribution is 2.43. The number of benzene rings is 2. The number of thiazole rings is 1. The quantitative estimate of drug-likeness (QED) is 0.362. The van der Waals surface area contributed by atoms with Gasteiger partial charge in [0.15, 0.2) is 10.7 Å². The molecule has 6 rings (SSSR count). The van der Waals surface area contributed by atoms with Crippen LogP contribution in [0.1, 0.15) is 35.0 Å². The number of rotatable bonds is 5. The van der Waals surface area contributed by atoms with Crippen molar-refractivity contribution in [3.05, 3.63) is 83.4 Å². The second-order valence-electron chi connectivity index (χ2n) is 7.70. The SMILES string of the molecule is O=C(Nc1c(-c2ccc(F)cc2)nc2sccn12)c1nc(-c2ccccc2)oc1C1CC1. The molecule has 158 valence electrons. The number of amides is 1. The number of nitrogens with zero attached hydrogens (tertiary/aromatic N) is 3. The fourth-order valence-electron chi connectivity index (χ4n) is 3.70. The van der Waals surface area contributed by atoms with E-state index in [1.165, 1.54) is 23.5 Å². The van der Waals surface area contributed by atoms with E-state index in [0.29, 0.717) is 34.4 Å². The van der Waals surface area contributed by atoms with E-state index in [0.717, 1.165) is 23.4 Å². The average Bonchev–Trinajstić information content (AvgIpc) is 3.25. The molecule has 0 spiro atoms. The van der Waals surface area contributed by atoms with Gasteiger partial charge in [-0.2, -0.15) is 0 Å². The van der Waals surface area contributed by atoms with Gasteiger partial charge in [0.25, 0.3) is 5.91 Å². The molecule has 1 N–H and O–H groups in total. The standard InChI is InChI=1S/C24H17FN4O2S/c25-17-10-8-14(9-11-17)18-21(29-12-13-32-24(29)27-18)28-22(30)19-20(15-6-7-15)31-23(26-19)16-4-2-1-3-5-16/h1-5,8-13,15H,6-7H2,(H,28,30). The zero-order valence-electron chi connectivity index (χ0n) is 16.8. The largest absolute Gasteiger partial charge is 0.440 e. The molecule has 0 bridgehead atoms. The van der Waals surface area contributed by atoms with Gasteiger partial charge in [-0.3, -0.25) is 9.20 Å². The Morgan fingerprint density at radius 2 is 1.84 bits per heavy atom. The highest BCUT2D eigenvalue weighted by atomic mass is 32.1. The minimum atomic E-state index is -0.353. The molecule has 6 nitrogen and oxygen atoms in total. The summed E-state index contributed by atoms with van der Waals surface area (Å²) in [6, 6.07) is 15.6. The average molecular weight is 444 g/mol. The van der Waals surface area contributed by atoms with Gasteiger partial charge in [-0.15, -0.1) is 11.3 Å². The highest BCUT2D eigenvalue weighted by molar-refractivity contribution is 7.15. The minimum Gasteiger partial charge on any atom is -0.440 e. The normalized spacial score (nSPS) is 13.5. The number of aromatic nitrogens is 3. The molecule has 0 radical (unpaired) electrons. The topological polar surface area (TPSA) is 72.4 Å². The molecule has 1 aliphatic rings. The molecule has 2 aromatic carbocycles. The monoisotopic (exact) mass is 444 g/mol. The Labute approximate surface area is 186 Å². The molecular formula is C24H17FN4O2S. The lowest BCUT2D eigenvalue weighted by atomic mass is 10.1. The van der Waals surface area contributed by atoms with Crippen LogP contribution in [-0.4, -0.2) is 20.3 Å². The first kappa shape index (κ1) is 18.9. The molecular weight excluding hydrogens is 427 g/mol. The molecule has 1 fully saturated rings. The van der Waals surface area contributed by atoms with Crippen molar-refractivity contribution in [2.24, 2.45) is 0 Å². The number of carbonyl (C=O) groups excluding carboxylic acids is 1. The molecule has 32 heavy (non-hydrogen) atoms. The summed E-state index contributed by atoms with van der Waals surface area (Å²) >= 11 is 1.45. The fourth-order valence-corrected chi connectivity index (χ4v) is 4.42. The van der Waals surface area contributed by atoms with Gasteiger partial charge >= 0.3 is 0 Å². The van der Waals surface area contributed by atoms with Gasteiger partial charge in [0, 0.05) is 28.6 Å². The van der Waals surface area contributed by atoms with Gasteiger partial charge < -0.3 is 9.73 Å². The highest BCUT2D eigenvalue weighted by Gasteiger charge is 2.34. The molecule has 1 aliphatic carbocycles. The first-order valence-corrected chi connectivity index (χ1v) is 11.1. The van der Waals surface area contributed by atoms with E-state index in [-0.39, 0.29) is 17.6 Å². The molecule has 0 unspecified atom stereocenters. The van der Waals surface area contributed by atoms with Crippen LogP contribution in [0.15, 0.2) is 70.6 Å². The summed E-state index contributed by atoms with van der Waals surface area (Å²) in [7, 11) is 0. The summed E-state index contributed by atoms with van der Waals surface area (Å²) in [6.07, 6.45) is 3.80. The van der Waals surface area contributed by atoms with Crippen molar-refractivity contribution < 1.29 is 13.6 Å². The van der Waals surface area contributed by atoms with E-state index in [9.17, 15) is 9.18 Å². The summed E-state index contributed by atoms with van der Waals surface area (Å²) in [5.74, 6) is 1.11. The van der Waals surface area contributed by atoms with Crippen LogP contribution in [0.25, 0.3) is 27.7 Å². The van der Waals surface area contributed by atoms with Crippen LogP contribution in [-0.2, 0) is 0 Å². The van der Waals surface area contributed by atoms with Crippen molar-refractivity contribution in [3.63, 3.8) is 0 Å². The van der Waals surface area contributed by atoms with E-state index in [2.05, 4.69) is 15.3 Å². The third-order valence-corrected chi connectivity index (χ3v) is 6.21. The Kier molecular flexibility index (Phi) is 4.39. The van der Waals surface area contributed by atoms with E-state index in [1.54, 1.807) is 12.1 Å². The van der Waals surface area contributed by atoms with Crippen LogP contribution in [0.2, 0.25) is 0 Å². The maximum atomic E-state index is 13.4. The third-order valence-electron chi connectivity index (χ3n) is 5.45. The fraction of sp³-hybridized carbons (Fsp3) is 0.125. The number of carbonyl (C=O) groups is 1. The van der Waals surface area contributed by atoms with Crippen LogP contribution < -0.4 is 5.32 Å². The van der Waals surface area contributed by atoms with Crippen molar-refractivity contribution in [2.75, 3.05) is 5.32 Å². The lowest BCUT2D eigenvalue weighted by Gasteiger charge is -2.06. The van der Waals surface area contributed by atoms with E-state index < -0.39 is 0 Å². The summed E-state index contributed by atoms with van der Waals surface area (Å²) in [5.41, 5.74) is 2.40. The molecule has 0 saturated heterocycles. The zero-order chi connectivity index (χ0) is 21.7. The molecule has 5 aromatic rings.